The second-order valence-electron chi connectivity index (χ2n) is 9.84. The van der Waals surface area contributed by atoms with Crippen LogP contribution in [0.4, 0.5) is 0 Å². The van der Waals surface area contributed by atoms with Crippen molar-refractivity contribution in [3.05, 3.63) is 23.3 Å². The average Bonchev–Trinajstić information content (AvgIpc) is 2.58. The first kappa shape index (κ1) is 21.5. The van der Waals surface area contributed by atoms with E-state index in [0.29, 0.717) is 29.6 Å². The summed E-state index contributed by atoms with van der Waals surface area (Å²) in [5.41, 5.74) is -1.09. The standard InChI is InChI=1S/C22H34O6/c1-11-14-9-22(27)10-16(25)12(2)17(20(22,4)5)18(26)19(28-13(3)23)21(14,6)8-7-15(11)24/h14-16,18-19,24-27H,1,7-10H2,2-6H3/t14-,15+,16+,18-,19+,21-,22+/m1/s1. The second kappa shape index (κ2) is 6.66. The van der Waals surface area contributed by atoms with Crippen LogP contribution >= 0.6 is 0 Å². The van der Waals surface area contributed by atoms with E-state index in [9.17, 15) is 25.2 Å². The third kappa shape index (κ3) is 2.88. The van der Waals surface area contributed by atoms with E-state index in [-0.39, 0.29) is 18.8 Å². The van der Waals surface area contributed by atoms with E-state index in [2.05, 4.69) is 6.58 Å². The van der Waals surface area contributed by atoms with Crippen molar-refractivity contribution in [3.8, 4) is 0 Å². The first-order valence-corrected chi connectivity index (χ1v) is 10.1. The highest BCUT2D eigenvalue weighted by atomic mass is 16.6. The quantitative estimate of drug-likeness (QED) is 0.399. The maximum Gasteiger partial charge on any atom is 0.303 e. The minimum absolute atomic E-state index is 0.149. The highest BCUT2D eigenvalue weighted by Gasteiger charge is 2.62. The van der Waals surface area contributed by atoms with Crippen molar-refractivity contribution in [2.45, 2.75) is 90.3 Å². The van der Waals surface area contributed by atoms with Gasteiger partial charge in [0.25, 0.3) is 0 Å². The maximum atomic E-state index is 11.9. The summed E-state index contributed by atoms with van der Waals surface area (Å²) in [4.78, 5) is 11.9. The normalized spacial score (nSPS) is 45.8. The summed E-state index contributed by atoms with van der Waals surface area (Å²) >= 11 is 0. The summed E-state index contributed by atoms with van der Waals surface area (Å²) in [7, 11) is 0. The molecule has 2 bridgehead atoms. The number of ether oxygens (including phenoxy) is 1. The van der Waals surface area contributed by atoms with Gasteiger partial charge in [0.05, 0.1) is 17.8 Å². The van der Waals surface area contributed by atoms with E-state index in [1.165, 1.54) is 6.92 Å². The van der Waals surface area contributed by atoms with Crippen LogP contribution in [0.2, 0.25) is 0 Å². The van der Waals surface area contributed by atoms with Gasteiger partial charge in [0.15, 0.2) is 0 Å². The molecule has 2 saturated carbocycles. The van der Waals surface area contributed by atoms with Crippen LogP contribution in [0.15, 0.2) is 23.3 Å². The first-order valence-electron chi connectivity index (χ1n) is 10.1. The summed E-state index contributed by atoms with van der Waals surface area (Å²) in [5, 5.41) is 44.3. The molecule has 3 rings (SSSR count). The molecule has 0 amide bonds. The van der Waals surface area contributed by atoms with E-state index in [4.69, 9.17) is 4.74 Å². The zero-order chi connectivity index (χ0) is 21.2. The molecule has 158 valence electrons. The van der Waals surface area contributed by atoms with Crippen LogP contribution in [-0.4, -0.2) is 56.4 Å². The Kier molecular flexibility index (Phi) is 5.11. The van der Waals surface area contributed by atoms with Crippen LogP contribution in [0.5, 0.6) is 0 Å². The molecule has 3 aliphatic rings. The molecule has 6 heteroatoms. The monoisotopic (exact) mass is 394 g/mol. The fourth-order valence-electron chi connectivity index (χ4n) is 5.99. The smallest absolute Gasteiger partial charge is 0.303 e. The highest BCUT2D eigenvalue weighted by Crippen LogP contribution is 2.60. The van der Waals surface area contributed by atoms with E-state index in [1.807, 2.05) is 20.8 Å². The van der Waals surface area contributed by atoms with Gasteiger partial charge in [-0.2, -0.15) is 0 Å². The van der Waals surface area contributed by atoms with Gasteiger partial charge >= 0.3 is 5.97 Å². The van der Waals surface area contributed by atoms with Crippen LogP contribution in [-0.2, 0) is 9.53 Å². The summed E-state index contributed by atoms with van der Waals surface area (Å²) in [5.74, 6) is -0.865. The Hall–Kier alpha value is -1.21. The van der Waals surface area contributed by atoms with E-state index in [0.717, 1.165) is 0 Å². The molecule has 0 aliphatic heterocycles. The number of fused-ring (bicyclic) bond motifs is 3. The molecule has 0 saturated heterocycles. The number of carbonyl (C=O) groups is 1. The minimum Gasteiger partial charge on any atom is -0.459 e. The summed E-state index contributed by atoms with van der Waals surface area (Å²) < 4.78 is 5.69. The lowest BCUT2D eigenvalue weighted by atomic mass is 9.49. The average molecular weight is 395 g/mol. The zero-order valence-corrected chi connectivity index (χ0v) is 17.5. The molecule has 2 fully saturated rings. The third-order valence-electron chi connectivity index (χ3n) is 7.99. The van der Waals surface area contributed by atoms with Crippen LogP contribution in [0.1, 0.15) is 60.3 Å². The topological polar surface area (TPSA) is 107 Å². The van der Waals surface area contributed by atoms with Gasteiger partial charge in [-0.25, -0.2) is 0 Å². The van der Waals surface area contributed by atoms with Crippen LogP contribution in [0.25, 0.3) is 0 Å². The van der Waals surface area contributed by atoms with Gasteiger partial charge in [-0.1, -0.05) is 27.4 Å². The molecular formula is C22H34O6. The fraction of sp³-hybridized carbons (Fsp3) is 0.773. The van der Waals surface area contributed by atoms with E-state index >= 15 is 0 Å². The number of esters is 1. The van der Waals surface area contributed by atoms with E-state index in [1.54, 1.807) is 6.92 Å². The molecule has 6 nitrogen and oxygen atoms in total. The Labute approximate surface area is 166 Å². The molecule has 4 N–H and O–H groups in total. The molecular weight excluding hydrogens is 360 g/mol. The summed E-state index contributed by atoms with van der Waals surface area (Å²) in [6.07, 6.45) is -2.23. The predicted molar refractivity (Wildman–Crippen MR) is 104 cm³/mol. The maximum absolute atomic E-state index is 11.9. The number of aliphatic hydroxyl groups is 4. The Balaban J connectivity index is 2.27. The first-order chi connectivity index (χ1) is 12.8. The van der Waals surface area contributed by atoms with Crippen molar-refractivity contribution >= 4 is 5.97 Å². The molecule has 0 aromatic carbocycles. The lowest BCUT2D eigenvalue weighted by Gasteiger charge is -2.60. The Morgan fingerprint density at radius 2 is 1.75 bits per heavy atom. The number of carbonyl (C=O) groups excluding carboxylic acids is 1. The van der Waals surface area contributed by atoms with Crippen molar-refractivity contribution in [1.29, 1.82) is 0 Å². The third-order valence-corrected chi connectivity index (χ3v) is 7.99. The van der Waals surface area contributed by atoms with Gasteiger partial charge in [-0.15, -0.1) is 0 Å². The molecule has 3 aliphatic carbocycles. The van der Waals surface area contributed by atoms with Crippen molar-refractivity contribution in [2.24, 2.45) is 16.7 Å². The molecule has 0 heterocycles. The molecule has 0 radical (unpaired) electrons. The molecule has 28 heavy (non-hydrogen) atoms. The van der Waals surface area contributed by atoms with Crippen LogP contribution < -0.4 is 0 Å². The molecule has 0 aromatic rings. The minimum atomic E-state index is -1.30. The Bertz CT molecular complexity index is 725. The number of hydrogen-bond acceptors (Lipinski definition) is 6. The van der Waals surface area contributed by atoms with E-state index < -0.39 is 46.8 Å². The van der Waals surface area contributed by atoms with Gasteiger partial charge in [0.2, 0.25) is 0 Å². The second-order valence-corrected chi connectivity index (χ2v) is 9.84. The zero-order valence-electron chi connectivity index (χ0n) is 17.5. The van der Waals surface area contributed by atoms with Crippen molar-refractivity contribution < 1.29 is 30.0 Å². The number of rotatable bonds is 1. The van der Waals surface area contributed by atoms with Gasteiger partial charge in [0, 0.05) is 24.2 Å². The Morgan fingerprint density at radius 1 is 1.14 bits per heavy atom. The SMILES string of the molecule is C=C1[C@H]2C[C@]3(O)C[C@H](O)C(C)=C([C@@H](O)[C@H](OC(C)=O)[C@]2(C)CC[C@@H]1O)C3(C)C. The highest BCUT2D eigenvalue weighted by molar-refractivity contribution is 5.66. The summed E-state index contributed by atoms with van der Waals surface area (Å²) in [6, 6.07) is 0. The molecule has 7 atom stereocenters. The van der Waals surface area contributed by atoms with Crippen LogP contribution in [0, 0.1) is 16.7 Å². The lowest BCUT2D eigenvalue weighted by Crippen LogP contribution is -2.64. The predicted octanol–water partition coefficient (Wildman–Crippen LogP) is 1.85. The molecule has 0 unspecified atom stereocenters. The van der Waals surface area contributed by atoms with Crippen LogP contribution in [0.3, 0.4) is 0 Å². The van der Waals surface area contributed by atoms with Gasteiger partial charge in [-0.05, 0) is 48.8 Å². The van der Waals surface area contributed by atoms with Crippen molar-refractivity contribution in [3.63, 3.8) is 0 Å². The van der Waals surface area contributed by atoms with Crippen molar-refractivity contribution in [2.75, 3.05) is 0 Å². The Morgan fingerprint density at radius 3 is 2.32 bits per heavy atom. The van der Waals surface area contributed by atoms with Gasteiger partial charge in [-0.3, -0.25) is 4.79 Å². The lowest BCUT2D eigenvalue weighted by molar-refractivity contribution is -0.189. The van der Waals surface area contributed by atoms with Crippen molar-refractivity contribution in [1.82, 2.24) is 0 Å². The fourth-order valence-corrected chi connectivity index (χ4v) is 5.99. The summed E-state index contributed by atoms with van der Waals surface area (Å²) in [6.45, 7) is 12.8. The number of aliphatic hydroxyl groups excluding tert-OH is 3. The largest absolute Gasteiger partial charge is 0.459 e. The molecule has 0 aromatic heterocycles. The van der Waals surface area contributed by atoms with Gasteiger partial charge in [0.1, 0.15) is 12.2 Å². The van der Waals surface area contributed by atoms with Gasteiger partial charge < -0.3 is 25.2 Å². The molecule has 0 spiro atoms. The number of hydrogen-bond donors (Lipinski definition) is 4.